The van der Waals surface area contributed by atoms with E-state index in [9.17, 15) is 0 Å². The van der Waals surface area contributed by atoms with Crippen molar-refractivity contribution in [3.05, 3.63) is 5.82 Å². The first-order chi connectivity index (χ1) is 7.76. The van der Waals surface area contributed by atoms with Gasteiger partial charge in [0.25, 0.3) is 0 Å². The summed E-state index contributed by atoms with van der Waals surface area (Å²) in [7, 11) is 0. The van der Waals surface area contributed by atoms with E-state index in [1.807, 2.05) is 6.26 Å². The predicted octanol–water partition coefficient (Wildman–Crippen LogP) is 2.69. The third kappa shape index (κ3) is 4.79. The number of hydrogen-bond acceptors (Lipinski definition) is 5. The van der Waals surface area contributed by atoms with Crippen molar-refractivity contribution >= 4 is 17.7 Å². The van der Waals surface area contributed by atoms with Crippen LogP contribution < -0.4 is 5.73 Å². The van der Waals surface area contributed by atoms with E-state index in [0.717, 1.165) is 23.8 Å². The topological polar surface area (TPSA) is 64.7 Å². The van der Waals surface area contributed by atoms with Crippen LogP contribution in [-0.2, 0) is 6.42 Å². The maximum Gasteiger partial charge on any atom is 0.224 e. The van der Waals surface area contributed by atoms with Gasteiger partial charge in [-0.15, -0.1) is 0 Å². The van der Waals surface area contributed by atoms with E-state index in [-0.39, 0.29) is 0 Å². The number of rotatable bonds is 7. The molecule has 0 radical (unpaired) electrons. The summed E-state index contributed by atoms with van der Waals surface area (Å²) in [4.78, 5) is 12.5. The summed E-state index contributed by atoms with van der Waals surface area (Å²) in [6, 6.07) is 0. The van der Waals surface area contributed by atoms with Crippen LogP contribution in [0.3, 0.4) is 0 Å². The van der Waals surface area contributed by atoms with Gasteiger partial charge in [-0.2, -0.15) is 9.97 Å². The van der Waals surface area contributed by atoms with Gasteiger partial charge in [0.2, 0.25) is 5.95 Å². The molecule has 16 heavy (non-hydrogen) atoms. The van der Waals surface area contributed by atoms with E-state index < -0.39 is 0 Å². The van der Waals surface area contributed by atoms with E-state index in [2.05, 4.69) is 21.9 Å². The molecule has 0 atom stereocenters. The van der Waals surface area contributed by atoms with Gasteiger partial charge in [-0.3, -0.25) is 0 Å². The second kappa shape index (κ2) is 7.44. The van der Waals surface area contributed by atoms with E-state index >= 15 is 0 Å². The molecule has 0 aliphatic rings. The molecule has 90 valence electrons. The van der Waals surface area contributed by atoms with Crippen LogP contribution in [0.1, 0.15) is 44.9 Å². The molecule has 0 aliphatic carbocycles. The van der Waals surface area contributed by atoms with Crippen LogP contribution in [0.2, 0.25) is 0 Å². The first-order valence-electron chi connectivity index (χ1n) is 5.80. The normalized spacial score (nSPS) is 10.6. The molecule has 2 N–H and O–H groups in total. The molecular formula is C11H20N4S. The van der Waals surface area contributed by atoms with E-state index in [1.54, 1.807) is 0 Å². The van der Waals surface area contributed by atoms with E-state index in [0.29, 0.717) is 5.95 Å². The first kappa shape index (κ1) is 13.2. The first-order valence-corrected chi connectivity index (χ1v) is 7.03. The largest absolute Gasteiger partial charge is 0.368 e. The van der Waals surface area contributed by atoms with Crippen LogP contribution in [0.15, 0.2) is 5.16 Å². The third-order valence-electron chi connectivity index (χ3n) is 2.37. The molecule has 1 aromatic rings. The zero-order chi connectivity index (χ0) is 11.8. The Hall–Kier alpha value is -0.840. The second-order valence-electron chi connectivity index (χ2n) is 3.76. The number of unbranched alkanes of at least 4 members (excludes halogenated alkanes) is 4. The molecule has 0 bridgehead atoms. The molecule has 4 nitrogen and oxygen atoms in total. The minimum Gasteiger partial charge on any atom is -0.368 e. The lowest BCUT2D eigenvalue weighted by atomic mass is 10.1. The average molecular weight is 240 g/mol. The molecule has 0 saturated carbocycles. The number of nitrogens with two attached hydrogens (primary N) is 1. The molecule has 5 heteroatoms. The van der Waals surface area contributed by atoms with Crippen LogP contribution in [0.5, 0.6) is 0 Å². The third-order valence-corrected chi connectivity index (χ3v) is 2.91. The van der Waals surface area contributed by atoms with Crippen LogP contribution in [0, 0.1) is 0 Å². The average Bonchev–Trinajstić information content (AvgIpc) is 2.28. The van der Waals surface area contributed by atoms with Gasteiger partial charge in [0.1, 0.15) is 5.82 Å². The lowest BCUT2D eigenvalue weighted by molar-refractivity contribution is 0.618. The number of thioether (sulfide) groups is 1. The SMILES string of the molecule is CCCCCCCc1nc(N)nc(SC)n1. The quantitative estimate of drug-likeness (QED) is 0.586. The van der Waals surface area contributed by atoms with Gasteiger partial charge in [-0.25, -0.2) is 4.98 Å². The molecule has 0 fully saturated rings. The van der Waals surface area contributed by atoms with E-state index in [4.69, 9.17) is 5.73 Å². The fourth-order valence-corrected chi connectivity index (χ4v) is 1.89. The minimum absolute atomic E-state index is 0.336. The highest BCUT2D eigenvalue weighted by atomic mass is 32.2. The molecule has 0 aliphatic heterocycles. The molecular weight excluding hydrogens is 220 g/mol. The Balaban J connectivity index is 2.38. The molecule has 0 unspecified atom stereocenters. The standard InChI is InChI=1S/C11H20N4S/c1-3-4-5-6-7-8-9-13-10(12)15-11(14-9)16-2/h3-8H2,1-2H3,(H2,12,13,14,15). The monoisotopic (exact) mass is 240 g/mol. The van der Waals surface area contributed by atoms with Crippen LogP contribution in [0.4, 0.5) is 5.95 Å². The van der Waals surface area contributed by atoms with Gasteiger partial charge in [-0.05, 0) is 12.7 Å². The zero-order valence-corrected chi connectivity index (χ0v) is 10.9. The van der Waals surface area contributed by atoms with Crippen molar-refractivity contribution in [1.29, 1.82) is 0 Å². The molecule has 1 heterocycles. The number of hydrogen-bond donors (Lipinski definition) is 1. The lowest BCUT2D eigenvalue weighted by Crippen LogP contribution is -2.04. The van der Waals surface area contributed by atoms with Crippen molar-refractivity contribution in [1.82, 2.24) is 15.0 Å². The fourth-order valence-electron chi connectivity index (χ4n) is 1.51. The Morgan fingerprint density at radius 1 is 1.06 bits per heavy atom. The number of nitrogens with zero attached hydrogens (tertiary/aromatic N) is 3. The number of aryl methyl sites for hydroxylation is 1. The molecule has 0 saturated heterocycles. The number of anilines is 1. The summed E-state index contributed by atoms with van der Waals surface area (Å²) in [6.45, 7) is 2.22. The summed E-state index contributed by atoms with van der Waals surface area (Å²) >= 11 is 1.50. The van der Waals surface area contributed by atoms with Gasteiger partial charge in [-0.1, -0.05) is 44.4 Å². The summed E-state index contributed by atoms with van der Waals surface area (Å²) in [5.41, 5.74) is 5.61. The Kier molecular flexibility index (Phi) is 6.15. The lowest BCUT2D eigenvalue weighted by Gasteiger charge is -2.03. The molecule has 0 amide bonds. The van der Waals surface area contributed by atoms with Gasteiger partial charge < -0.3 is 5.73 Å². The number of nitrogen functional groups attached to an aromatic ring is 1. The zero-order valence-electron chi connectivity index (χ0n) is 10.1. The van der Waals surface area contributed by atoms with Crippen LogP contribution in [-0.4, -0.2) is 21.2 Å². The van der Waals surface area contributed by atoms with Crippen molar-refractivity contribution in [3.63, 3.8) is 0 Å². The van der Waals surface area contributed by atoms with Crippen molar-refractivity contribution in [2.75, 3.05) is 12.0 Å². The minimum atomic E-state index is 0.336. The van der Waals surface area contributed by atoms with Gasteiger partial charge in [0, 0.05) is 6.42 Å². The Bertz CT molecular complexity index is 317. The maximum absolute atomic E-state index is 5.61. The summed E-state index contributed by atoms with van der Waals surface area (Å²) in [6.07, 6.45) is 9.12. The van der Waals surface area contributed by atoms with Gasteiger partial charge >= 0.3 is 0 Å². The molecule has 1 rings (SSSR count). The number of aromatic nitrogens is 3. The molecule has 1 aromatic heterocycles. The highest BCUT2D eigenvalue weighted by molar-refractivity contribution is 7.98. The molecule has 0 spiro atoms. The van der Waals surface area contributed by atoms with Crippen molar-refractivity contribution in [2.24, 2.45) is 0 Å². The second-order valence-corrected chi connectivity index (χ2v) is 4.53. The van der Waals surface area contributed by atoms with Crippen molar-refractivity contribution in [2.45, 2.75) is 50.6 Å². The van der Waals surface area contributed by atoms with Crippen LogP contribution in [0.25, 0.3) is 0 Å². The summed E-state index contributed by atoms with van der Waals surface area (Å²) < 4.78 is 0. The Morgan fingerprint density at radius 3 is 2.50 bits per heavy atom. The fraction of sp³-hybridized carbons (Fsp3) is 0.727. The van der Waals surface area contributed by atoms with Crippen molar-refractivity contribution in [3.8, 4) is 0 Å². The Labute approximate surface area is 101 Å². The van der Waals surface area contributed by atoms with Gasteiger partial charge in [0.15, 0.2) is 5.16 Å². The predicted molar refractivity (Wildman–Crippen MR) is 68.5 cm³/mol. The highest BCUT2D eigenvalue weighted by Gasteiger charge is 2.03. The van der Waals surface area contributed by atoms with E-state index in [1.165, 1.54) is 37.4 Å². The van der Waals surface area contributed by atoms with Crippen molar-refractivity contribution < 1.29 is 0 Å². The smallest absolute Gasteiger partial charge is 0.224 e. The van der Waals surface area contributed by atoms with Gasteiger partial charge in [0.05, 0.1) is 0 Å². The maximum atomic E-state index is 5.61. The van der Waals surface area contributed by atoms with Crippen LogP contribution >= 0.6 is 11.8 Å². The summed E-state index contributed by atoms with van der Waals surface area (Å²) in [5.74, 6) is 1.16. The summed E-state index contributed by atoms with van der Waals surface area (Å²) in [5, 5.41) is 0.719. The molecule has 0 aromatic carbocycles. The Morgan fingerprint density at radius 2 is 1.81 bits per heavy atom. The highest BCUT2D eigenvalue weighted by Crippen LogP contribution is 2.11.